The van der Waals surface area contributed by atoms with Gasteiger partial charge in [-0.25, -0.2) is 0 Å². The van der Waals surface area contributed by atoms with Crippen LogP contribution in [0.5, 0.6) is 0 Å². The van der Waals surface area contributed by atoms with Crippen LogP contribution in [0.3, 0.4) is 0 Å². The molecule has 2 aliphatic rings. The first-order valence-electron chi connectivity index (χ1n) is 11.8. The van der Waals surface area contributed by atoms with Crippen LogP contribution in [-0.4, -0.2) is 29.9 Å². The zero-order valence-electron chi connectivity index (χ0n) is 19.4. The van der Waals surface area contributed by atoms with Crippen LogP contribution in [0.1, 0.15) is 33.8 Å². The fraction of sp³-hybridized carbons (Fsp3) is 0.133. The van der Waals surface area contributed by atoms with Crippen molar-refractivity contribution in [1.29, 1.82) is 0 Å². The zero-order valence-corrected chi connectivity index (χ0v) is 19.4. The van der Waals surface area contributed by atoms with E-state index in [0.717, 1.165) is 46.2 Å². The summed E-state index contributed by atoms with van der Waals surface area (Å²) < 4.78 is 0. The Kier molecular flexibility index (Phi) is 6.57. The Hall–Kier alpha value is -4.38. The fourth-order valence-electron chi connectivity index (χ4n) is 4.44. The molecule has 35 heavy (non-hydrogen) atoms. The van der Waals surface area contributed by atoms with E-state index in [2.05, 4.69) is 27.8 Å². The van der Waals surface area contributed by atoms with Crippen LogP contribution in [-0.2, 0) is 0 Å². The van der Waals surface area contributed by atoms with Gasteiger partial charge in [0.05, 0.1) is 0 Å². The van der Waals surface area contributed by atoms with Crippen LogP contribution < -0.4 is 10.6 Å². The molecule has 0 radical (unpaired) electrons. The number of carbonyl (C=O) groups excluding carboxylic acids is 2. The maximum Gasteiger partial charge on any atom is 0.268 e. The molecule has 0 atom stereocenters. The average molecular weight is 462 g/mol. The molecule has 1 heterocycles. The number of hydrogen-bond acceptors (Lipinski definition) is 2. The number of aromatic nitrogens is 1. The monoisotopic (exact) mass is 461 g/mol. The van der Waals surface area contributed by atoms with Crippen molar-refractivity contribution in [3.63, 3.8) is 0 Å². The largest absolute Gasteiger partial charge is 0.347 e. The Morgan fingerprint density at radius 2 is 1.09 bits per heavy atom. The molecule has 0 aliphatic heterocycles. The topological polar surface area (TPSA) is 74.0 Å². The standard InChI is InChI=1S/C30H27N3O2/c34-29(31-19-21-11-7-8-12-21)27-25(23-15-3-1-4-16-23)26(24-17-5-2-6-18-24)28(33-27)30(35)32-20-22-13-9-10-14-22/h1-11,13,15-18,33H,12,14,19-20H2,(H,31,34)(H,32,35). The highest BCUT2D eigenvalue weighted by Crippen LogP contribution is 2.38. The number of carbonyl (C=O) groups is 2. The molecule has 0 bridgehead atoms. The number of H-pyrrole nitrogens is 1. The molecule has 2 amide bonds. The van der Waals surface area contributed by atoms with E-state index in [1.807, 2.05) is 85.0 Å². The van der Waals surface area contributed by atoms with Gasteiger partial charge in [-0.05, 0) is 35.1 Å². The van der Waals surface area contributed by atoms with Gasteiger partial charge in [-0.2, -0.15) is 0 Å². The molecule has 2 aromatic carbocycles. The van der Waals surface area contributed by atoms with Gasteiger partial charge >= 0.3 is 0 Å². The quantitative estimate of drug-likeness (QED) is 0.410. The summed E-state index contributed by atoms with van der Waals surface area (Å²) in [6.07, 6.45) is 13.8. The summed E-state index contributed by atoms with van der Waals surface area (Å²) in [4.78, 5) is 30.1. The lowest BCUT2D eigenvalue weighted by atomic mass is 9.94. The van der Waals surface area contributed by atoms with Gasteiger partial charge in [0, 0.05) is 24.2 Å². The van der Waals surface area contributed by atoms with E-state index in [4.69, 9.17) is 0 Å². The van der Waals surface area contributed by atoms with Gasteiger partial charge in [-0.15, -0.1) is 0 Å². The Morgan fingerprint density at radius 1 is 0.657 bits per heavy atom. The van der Waals surface area contributed by atoms with Gasteiger partial charge in [-0.1, -0.05) is 97.1 Å². The maximum atomic E-state index is 13.4. The lowest BCUT2D eigenvalue weighted by Crippen LogP contribution is -2.27. The van der Waals surface area contributed by atoms with Gasteiger partial charge < -0.3 is 15.6 Å². The second kappa shape index (κ2) is 10.3. The highest BCUT2D eigenvalue weighted by atomic mass is 16.2. The first-order valence-corrected chi connectivity index (χ1v) is 11.8. The van der Waals surface area contributed by atoms with Gasteiger partial charge in [-0.3, -0.25) is 9.59 Å². The van der Waals surface area contributed by atoms with Crippen LogP contribution in [0.4, 0.5) is 0 Å². The molecule has 1 aromatic heterocycles. The number of allylic oxidation sites excluding steroid dienone is 6. The minimum absolute atomic E-state index is 0.240. The smallest absolute Gasteiger partial charge is 0.268 e. The third-order valence-electron chi connectivity index (χ3n) is 6.23. The van der Waals surface area contributed by atoms with Crippen molar-refractivity contribution in [1.82, 2.24) is 15.6 Å². The van der Waals surface area contributed by atoms with Gasteiger partial charge in [0.2, 0.25) is 0 Å². The van der Waals surface area contributed by atoms with E-state index in [-0.39, 0.29) is 11.8 Å². The van der Waals surface area contributed by atoms with Crippen molar-refractivity contribution in [2.45, 2.75) is 12.8 Å². The highest BCUT2D eigenvalue weighted by Gasteiger charge is 2.27. The Balaban J connectivity index is 1.57. The second-order valence-electron chi connectivity index (χ2n) is 8.64. The van der Waals surface area contributed by atoms with Crippen LogP contribution in [0.25, 0.3) is 22.3 Å². The number of amides is 2. The number of benzene rings is 2. The first-order chi connectivity index (χ1) is 17.2. The Morgan fingerprint density at radius 3 is 1.46 bits per heavy atom. The van der Waals surface area contributed by atoms with E-state index in [0.29, 0.717) is 24.5 Å². The van der Waals surface area contributed by atoms with E-state index in [9.17, 15) is 9.59 Å². The lowest BCUT2D eigenvalue weighted by Gasteiger charge is -2.11. The highest BCUT2D eigenvalue weighted by molar-refractivity contribution is 6.11. The molecule has 5 heteroatoms. The van der Waals surface area contributed by atoms with Crippen molar-refractivity contribution in [3.8, 4) is 22.3 Å². The van der Waals surface area contributed by atoms with E-state index in [1.54, 1.807) is 0 Å². The maximum absolute atomic E-state index is 13.4. The minimum atomic E-state index is -0.240. The summed E-state index contributed by atoms with van der Waals surface area (Å²) in [7, 11) is 0. The Labute approximate surface area is 205 Å². The molecule has 0 saturated carbocycles. The van der Waals surface area contributed by atoms with E-state index < -0.39 is 0 Å². The average Bonchev–Trinajstić information content (AvgIpc) is 3.68. The van der Waals surface area contributed by atoms with Crippen molar-refractivity contribution in [3.05, 3.63) is 120 Å². The molecule has 2 aliphatic carbocycles. The fourth-order valence-corrected chi connectivity index (χ4v) is 4.44. The molecular formula is C30H27N3O2. The van der Waals surface area contributed by atoms with Crippen LogP contribution in [0.2, 0.25) is 0 Å². The first kappa shape index (κ1) is 22.4. The normalized spacial score (nSPS) is 14.1. The molecule has 174 valence electrons. The summed E-state index contributed by atoms with van der Waals surface area (Å²) >= 11 is 0. The molecular weight excluding hydrogens is 434 g/mol. The van der Waals surface area contributed by atoms with Crippen molar-refractivity contribution in [2.24, 2.45) is 0 Å². The van der Waals surface area contributed by atoms with Gasteiger partial charge in [0.1, 0.15) is 11.4 Å². The van der Waals surface area contributed by atoms with E-state index >= 15 is 0 Å². The minimum Gasteiger partial charge on any atom is -0.347 e. The predicted molar refractivity (Wildman–Crippen MR) is 140 cm³/mol. The molecule has 5 rings (SSSR count). The number of aromatic amines is 1. The van der Waals surface area contributed by atoms with Crippen LogP contribution >= 0.6 is 0 Å². The van der Waals surface area contributed by atoms with Crippen molar-refractivity contribution >= 4 is 11.8 Å². The third-order valence-corrected chi connectivity index (χ3v) is 6.23. The summed E-state index contributed by atoms with van der Waals surface area (Å²) in [6.45, 7) is 0.922. The summed E-state index contributed by atoms with van der Waals surface area (Å²) in [5, 5.41) is 6.06. The van der Waals surface area contributed by atoms with E-state index in [1.165, 1.54) is 0 Å². The van der Waals surface area contributed by atoms with Crippen LogP contribution in [0, 0.1) is 0 Å². The zero-order chi connectivity index (χ0) is 24.0. The molecule has 5 nitrogen and oxygen atoms in total. The molecule has 3 N–H and O–H groups in total. The number of rotatable bonds is 8. The number of hydrogen-bond donors (Lipinski definition) is 3. The third kappa shape index (κ3) is 4.94. The molecule has 0 saturated heterocycles. The van der Waals surface area contributed by atoms with Crippen molar-refractivity contribution in [2.75, 3.05) is 13.1 Å². The summed E-state index contributed by atoms with van der Waals surface area (Å²) in [5.41, 5.74) is 6.24. The Bertz CT molecular complexity index is 1260. The number of nitrogens with one attached hydrogen (secondary N) is 3. The molecule has 3 aromatic rings. The molecule has 0 spiro atoms. The predicted octanol–water partition coefficient (Wildman–Crippen LogP) is 5.58. The SMILES string of the molecule is O=C(NCC1=CC=CC1)c1[nH]c(C(=O)NCC2=CC=CC2)c(-c2ccccc2)c1-c1ccccc1. The van der Waals surface area contributed by atoms with Gasteiger partial charge in [0.25, 0.3) is 11.8 Å². The van der Waals surface area contributed by atoms with Crippen molar-refractivity contribution < 1.29 is 9.59 Å². The lowest BCUT2D eigenvalue weighted by molar-refractivity contribution is 0.0951. The molecule has 0 fully saturated rings. The summed E-state index contributed by atoms with van der Waals surface area (Å²) in [5.74, 6) is -0.480. The van der Waals surface area contributed by atoms with Gasteiger partial charge in [0.15, 0.2) is 0 Å². The molecule has 0 unspecified atom stereocenters. The summed E-state index contributed by atoms with van der Waals surface area (Å²) in [6, 6.07) is 19.5. The second-order valence-corrected chi connectivity index (χ2v) is 8.64. The van der Waals surface area contributed by atoms with Crippen LogP contribution in [0.15, 0.2) is 108 Å².